The molecule has 14 heavy (non-hydrogen) atoms. The van der Waals surface area contributed by atoms with E-state index >= 15 is 0 Å². The first-order chi connectivity index (χ1) is 6.50. The predicted molar refractivity (Wildman–Crippen MR) is 53.5 cm³/mol. The molecular weight excluding hydrogens is 178 g/mol. The molecule has 3 nitrogen and oxygen atoms in total. The van der Waals surface area contributed by atoms with Gasteiger partial charge in [-0.15, -0.1) is 0 Å². The number of rotatable bonds is 3. The van der Waals surface area contributed by atoms with E-state index in [1.807, 2.05) is 51.1 Å². The zero-order valence-electron chi connectivity index (χ0n) is 8.86. The molecule has 3 heteroatoms. The molecule has 1 aromatic carbocycles. The zero-order valence-corrected chi connectivity index (χ0v) is 8.86. The van der Waals surface area contributed by atoms with E-state index in [0.717, 1.165) is 5.56 Å². The van der Waals surface area contributed by atoms with Gasteiger partial charge in [0.15, 0.2) is 0 Å². The molecule has 0 aromatic heterocycles. The molecule has 0 fully saturated rings. The summed E-state index contributed by atoms with van der Waals surface area (Å²) < 4.78 is 0. The summed E-state index contributed by atoms with van der Waals surface area (Å²) in [6, 6.07) is 9.63. The smallest absolute Gasteiger partial charge is 0.0963 e. The predicted octanol–water partition coefficient (Wildman–Crippen LogP) is 2.56. The molecule has 0 unspecified atom stereocenters. The van der Waals surface area contributed by atoms with Gasteiger partial charge >= 0.3 is 0 Å². The zero-order chi connectivity index (χ0) is 10.6. The standard InChI is InChI=1S/C11H16NO2/c1-11(2,3)12(13)14-9-10-7-5-4-6-8-10/h4-8H,9H2,1-3H3. The number of hydrogen-bond acceptors (Lipinski definition) is 2. The summed E-state index contributed by atoms with van der Waals surface area (Å²) in [5.74, 6) is 0. The molecule has 0 N–H and O–H groups in total. The summed E-state index contributed by atoms with van der Waals surface area (Å²) in [7, 11) is 0. The second-order valence-corrected chi connectivity index (χ2v) is 4.19. The highest BCUT2D eigenvalue weighted by Crippen LogP contribution is 2.12. The van der Waals surface area contributed by atoms with Crippen LogP contribution in [0.3, 0.4) is 0 Å². The Kier molecular flexibility index (Phi) is 3.63. The van der Waals surface area contributed by atoms with Gasteiger partial charge in [-0.3, -0.25) is 4.84 Å². The lowest BCUT2D eigenvalue weighted by atomic mass is 10.1. The molecule has 0 amide bonds. The molecule has 0 atom stereocenters. The SMILES string of the molecule is CC(C)(C)N([O])OCc1ccccc1. The summed E-state index contributed by atoms with van der Waals surface area (Å²) >= 11 is 0. The second kappa shape index (κ2) is 4.55. The minimum Gasteiger partial charge on any atom is -0.267 e. The number of nitrogens with zero attached hydrogens (tertiary/aromatic N) is 1. The third-order valence-electron chi connectivity index (χ3n) is 1.74. The summed E-state index contributed by atoms with van der Waals surface area (Å²) in [6.07, 6.45) is 0. The lowest BCUT2D eigenvalue weighted by Crippen LogP contribution is -2.37. The maximum atomic E-state index is 11.3. The average Bonchev–Trinajstić information content (AvgIpc) is 2.14. The third-order valence-corrected chi connectivity index (χ3v) is 1.74. The maximum Gasteiger partial charge on any atom is 0.0963 e. The Morgan fingerprint density at radius 2 is 1.79 bits per heavy atom. The molecular formula is C11H16NO2. The number of hydroxylamine groups is 2. The highest BCUT2D eigenvalue weighted by atomic mass is 16.9. The highest BCUT2D eigenvalue weighted by molar-refractivity contribution is 5.13. The summed E-state index contributed by atoms with van der Waals surface area (Å²) in [5.41, 5.74) is 0.493. The van der Waals surface area contributed by atoms with Crippen LogP contribution in [-0.4, -0.2) is 10.8 Å². The minimum atomic E-state index is -0.505. The lowest BCUT2D eigenvalue weighted by molar-refractivity contribution is -0.421. The van der Waals surface area contributed by atoms with E-state index in [1.54, 1.807) is 0 Å². The van der Waals surface area contributed by atoms with Crippen LogP contribution in [-0.2, 0) is 16.7 Å². The van der Waals surface area contributed by atoms with Gasteiger partial charge in [0, 0.05) is 0 Å². The van der Waals surface area contributed by atoms with Gasteiger partial charge in [0.05, 0.1) is 12.1 Å². The van der Waals surface area contributed by atoms with Crippen LogP contribution in [0, 0.1) is 0 Å². The normalized spacial score (nSPS) is 12.1. The van der Waals surface area contributed by atoms with Gasteiger partial charge in [-0.25, -0.2) is 0 Å². The van der Waals surface area contributed by atoms with Crippen molar-refractivity contribution in [1.29, 1.82) is 0 Å². The Bertz CT molecular complexity index is 266. The third kappa shape index (κ3) is 3.46. The van der Waals surface area contributed by atoms with E-state index in [1.165, 1.54) is 0 Å². The Balaban J connectivity index is 2.42. The molecule has 0 saturated heterocycles. The largest absolute Gasteiger partial charge is 0.267 e. The molecule has 0 aliphatic rings. The van der Waals surface area contributed by atoms with E-state index in [2.05, 4.69) is 0 Å². The number of hydrogen-bond donors (Lipinski definition) is 0. The fourth-order valence-corrected chi connectivity index (χ4v) is 0.901. The van der Waals surface area contributed by atoms with Crippen LogP contribution in [0.1, 0.15) is 26.3 Å². The molecule has 1 aromatic rings. The number of benzene rings is 1. The van der Waals surface area contributed by atoms with Crippen LogP contribution in [0.2, 0.25) is 0 Å². The Labute approximate surface area is 84.8 Å². The van der Waals surface area contributed by atoms with Crippen molar-refractivity contribution >= 4 is 0 Å². The van der Waals surface area contributed by atoms with E-state index in [4.69, 9.17) is 4.84 Å². The van der Waals surface area contributed by atoms with E-state index < -0.39 is 5.54 Å². The van der Waals surface area contributed by atoms with Crippen molar-refractivity contribution in [3.63, 3.8) is 0 Å². The Morgan fingerprint density at radius 3 is 2.29 bits per heavy atom. The molecule has 0 spiro atoms. The van der Waals surface area contributed by atoms with Gasteiger partial charge in [0.1, 0.15) is 0 Å². The van der Waals surface area contributed by atoms with E-state index in [9.17, 15) is 5.21 Å². The topological polar surface area (TPSA) is 32.4 Å². The van der Waals surface area contributed by atoms with Crippen LogP contribution >= 0.6 is 0 Å². The van der Waals surface area contributed by atoms with Crippen molar-refractivity contribution in [3.8, 4) is 0 Å². The van der Waals surface area contributed by atoms with Gasteiger partial charge in [-0.05, 0) is 31.6 Å². The first-order valence-corrected chi connectivity index (χ1v) is 4.64. The van der Waals surface area contributed by atoms with Crippen LogP contribution in [0.15, 0.2) is 30.3 Å². The Morgan fingerprint density at radius 1 is 1.21 bits per heavy atom. The average molecular weight is 194 g/mol. The van der Waals surface area contributed by atoms with Gasteiger partial charge < -0.3 is 0 Å². The first-order valence-electron chi connectivity index (χ1n) is 4.64. The monoisotopic (exact) mass is 194 g/mol. The van der Waals surface area contributed by atoms with Crippen LogP contribution in [0.4, 0.5) is 0 Å². The van der Waals surface area contributed by atoms with Crippen molar-refractivity contribution < 1.29 is 10.0 Å². The Hall–Kier alpha value is -0.900. The van der Waals surface area contributed by atoms with Crippen molar-refractivity contribution in [2.24, 2.45) is 0 Å². The van der Waals surface area contributed by atoms with Gasteiger partial charge in [-0.1, -0.05) is 35.5 Å². The van der Waals surface area contributed by atoms with Crippen molar-refractivity contribution in [1.82, 2.24) is 5.23 Å². The van der Waals surface area contributed by atoms with Crippen molar-refractivity contribution in [2.75, 3.05) is 0 Å². The van der Waals surface area contributed by atoms with Gasteiger partial charge in [-0.2, -0.15) is 0 Å². The summed E-state index contributed by atoms with van der Waals surface area (Å²) in [6.45, 7) is 5.75. The van der Waals surface area contributed by atoms with Crippen molar-refractivity contribution in [3.05, 3.63) is 35.9 Å². The molecule has 1 radical (unpaired) electrons. The first kappa shape index (κ1) is 11.2. The molecule has 0 bridgehead atoms. The molecule has 0 saturated carbocycles. The minimum absolute atomic E-state index is 0.321. The molecule has 1 rings (SSSR count). The highest BCUT2D eigenvalue weighted by Gasteiger charge is 2.21. The fraction of sp³-hybridized carbons (Fsp3) is 0.455. The lowest BCUT2D eigenvalue weighted by Gasteiger charge is -2.25. The summed E-state index contributed by atoms with van der Waals surface area (Å²) in [5, 5.41) is 12.0. The van der Waals surface area contributed by atoms with Gasteiger partial charge in [0.2, 0.25) is 0 Å². The van der Waals surface area contributed by atoms with Crippen LogP contribution in [0.25, 0.3) is 0 Å². The maximum absolute atomic E-state index is 11.3. The molecule has 0 aliphatic heterocycles. The van der Waals surface area contributed by atoms with E-state index in [0.29, 0.717) is 11.8 Å². The van der Waals surface area contributed by atoms with Crippen molar-refractivity contribution in [2.45, 2.75) is 32.9 Å². The quantitative estimate of drug-likeness (QED) is 0.693. The fourth-order valence-electron chi connectivity index (χ4n) is 0.901. The summed E-state index contributed by atoms with van der Waals surface area (Å²) in [4.78, 5) is 5.07. The molecule has 0 aliphatic carbocycles. The second-order valence-electron chi connectivity index (χ2n) is 4.19. The molecule has 0 heterocycles. The van der Waals surface area contributed by atoms with Crippen LogP contribution in [0.5, 0.6) is 0 Å². The molecule has 77 valence electrons. The van der Waals surface area contributed by atoms with Crippen LogP contribution < -0.4 is 0 Å². The van der Waals surface area contributed by atoms with E-state index in [-0.39, 0.29) is 0 Å². The van der Waals surface area contributed by atoms with Gasteiger partial charge in [0.25, 0.3) is 0 Å².